The van der Waals surface area contributed by atoms with Crippen LogP contribution in [0.5, 0.6) is 0 Å². The zero-order valence-corrected chi connectivity index (χ0v) is 7.23. The standard InChI is InChI=1S/C7H5O3Se/c8-7(9)10-11-6-4-2-1-3-5-6/h1-5H. The van der Waals surface area contributed by atoms with Gasteiger partial charge in [-0.1, -0.05) is 0 Å². The van der Waals surface area contributed by atoms with Gasteiger partial charge in [-0.05, 0) is 0 Å². The third kappa shape index (κ3) is 3.07. The van der Waals surface area contributed by atoms with Crippen molar-refractivity contribution in [3.05, 3.63) is 30.3 Å². The molecular formula is C7H5O3Se. The van der Waals surface area contributed by atoms with E-state index in [0.29, 0.717) is 0 Å². The number of carbonyl (C=O) groups is 1. The van der Waals surface area contributed by atoms with Crippen LogP contribution in [0, 0.1) is 0 Å². The van der Waals surface area contributed by atoms with Gasteiger partial charge in [0.1, 0.15) is 0 Å². The third-order valence-corrected chi connectivity index (χ3v) is 2.38. The van der Waals surface area contributed by atoms with Crippen LogP contribution in [0.4, 0.5) is 4.79 Å². The number of carbonyl (C=O) groups excluding carboxylic acids is 1. The van der Waals surface area contributed by atoms with Crippen molar-refractivity contribution in [2.75, 3.05) is 0 Å². The van der Waals surface area contributed by atoms with Crippen LogP contribution < -0.4 is 4.46 Å². The quantitative estimate of drug-likeness (QED) is 0.675. The summed E-state index contributed by atoms with van der Waals surface area (Å²) < 4.78 is 5.17. The molecular weight excluding hydrogens is 211 g/mol. The topological polar surface area (TPSA) is 46.2 Å². The minimum atomic E-state index is -1.46. The maximum atomic E-state index is 9.85. The number of rotatable bonds is 2. The average Bonchev–Trinajstić information content (AvgIpc) is 2.03. The molecule has 0 spiro atoms. The molecule has 0 amide bonds. The predicted molar refractivity (Wildman–Crippen MR) is 39.0 cm³/mol. The van der Waals surface area contributed by atoms with Gasteiger partial charge in [0.05, 0.1) is 0 Å². The van der Waals surface area contributed by atoms with Crippen molar-refractivity contribution in [3.8, 4) is 0 Å². The van der Waals surface area contributed by atoms with E-state index in [-0.39, 0.29) is 0 Å². The van der Waals surface area contributed by atoms with Gasteiger partial charge in [-0.3, -0.25) is 0 Å². The van der Waals surface area contributed by atoms with Crippen LogP contribution in [-0.2, 0) is 8.93 Å². The molecule has 0 aliphatic heterocycles. The molecule has 1 radical (unpaired) electrons. The van der Waals surface area contributed by atoms with Gasteiger partial charge in [0.15, 0.2) is 0 Å². The number of benzene rings is 1. The van der Waals surface area contributed by atoms with E-state index in [9.17, 15) is 9.90 Å². The Morgan fingerprint density at radius 3 is 2.45 bits per heavy atom. The number of hydrogen-bond acceptors (Lipinski definition) is 2. The summed E-state index contributed by atoms with van der Waals surface area (Å²) in [6.45, 7) is 0. The molecule has 0 aromatic heterocycles. The Balaban J connectivity index is 2.45. The molecule has 0 heterocycles. The Morgan fingerprint density at radius 2 is 1.91 bits per heavy atom. The van der Waals surface area contributed by atoms with Gasteiger partial charge in [0.2, 0.25) is 0 Å². The first-order valence-electron chi connectivity index (χ1n) is 2.89. The van der Waals surface area contributed by atoms with Gasteiger partial charge in [-0.15, -0.1) is 0 Å². The molecule has 3 nitrogen and oxygen atoms in total. The fraction of sp³-hybridized carbons (Fsp3) is 0. The zero-order chi connectivity index (χ0) is 8.10. The first-order chi connectivity index (χ1) is 5.29. The van der Waals surface area contributed by atoms with E-state index in [1.165, 1.54) is 0 Å². The molecule has 1 aromatic carbocycles. The van der Waals surface area contributed by atoms with Gasteiger partial charge in [-0.2, -0.15) is 0 Å². The van der Waals surface area contributed by atoms with E-state index in [1.54, 1.807) is 0 Å². The van der Waals surface area contributed by atoms with Crippen molar-refractivity contribution in [2.45, 2.75) is 0 Å². The van der Waals surface area contributed by atoms with Gasteiger partial charge >= 0.3 is 70.0 Å². The third-order valence-electron chi connectivity index (χ3n) is 0.949. The SMILES string of the molecule is [O]C(=O)O[Se]c1ccccc1. The van der Waals surface area contributed by atoms with E-state index in [2.05, 4.69) is 3.82 Å². The van der Waals surface area contributed by atoms with E-state index >= 15 is 0 Å². The summed E-state index contributed by atoms with van der Waals surface area (Å²) >= 11 is -0.472. The van der Waals surface area contributed by atoms with Crippen LogP contribution in [0.3, 0.4) is 0 Å². The van der Waals surface area contributed by atoms with Crippen LogP contribution in [0.1, 0.15) is 0 Å². The summed E-state index contributed by atoms with van der Waals surface area (Å²) in [4.78, 5) is 9.85. The molecule has 0 saturated carbocycles. The van der Waals surface area contributed by atoms with Crippen molar-refractivity contribution in [1.82, 2.24) is 0 Å². The first kappa shape index (κ1) is 8.11. The zero-order valence-electron chi connectivity index (χ0n) is 5.52. The molecule has 1 aromatic rings. The molecule has 0 N–H and O–H groups in total. The Morgan fingerprint density at radius 1 is 1.27 bits per heavy atom. The van der Waals surface area contributed by atoms with E-state index in [4.69, 9.17) is 0 Å². The molecule has 0 saturated heterocycles. The summed E-state index contributed by atoms with van der Waals surface area (Å²) in [7, 11) is 0. The van der Waals surface area contributed by atoms with Crippen molar-refractivity contribution in [1.29, 1.82) is 0 Å². The normalized spacial score (nSPS) is 9.09. The van der Waals surface area contributed by atoms with E-state index in [1.807, 2.05) is 30.3 Å². The van der Waals surface area contributed by atoms with Crippen LogP contribution in [0.25, 0.3) is 0 Å². The van der Waals surface area contributed by atoms with Crippen LogP contribution >= 0.6 is 0 Å². The second kappa shape index (κ2) is 4.01. The molecule has 4 heteroatoms. The van der Waals surface area contributed by atoms with Crippen LogP contribution in [-0.4, -0.2) is 21.4 Å². The average molecular weight is 216 g/mol. The fourth-order valence-corrected chi connectivity index (χ4v) is 1.47. The predicted octanol–water partition coefficient (Wildman–Crippen LogP) is 0.498. The van der Waals surface area contributed by atoms with Crippen LogP contribution in [0.15, 0.2) is 30.3 Å². The van der Waals surface area contributed by atoms with Gasteiger partial charge in [-0.25, -0.2) is 0 Å². The molecule has 57 valence electrons. The summed E-state index contributed by atoms with van der Waals surface area (Å²) in [6.07, 6.45) is -1.46. The van der Waals surface area contributed by atoms with Gasteiger partial charge in [0, 0.05) is 0 Å². The molecule has 1 rings (SSSR count). The van der Waals surface area contributed by atoms with E-state index < -0.39 is 21.4 Å². The Labute approximate surface area is 70.5 Å². The van der Waals surface area contributed by atoms with Gasteiger partial charge in [0.25, 0.3) is 0 Å². The summed E-state index contributed by atoms with van der Waals surface area (Å²) in [5, 5.41) is 9.85. The molecule has 0 bridgehead atoms. The minimum absolute atomic E-state index is 0.472. The fourth-order valence-electron chi connectivity index (χ4n) is 0.558. The first-order valence-corrected chi connectivity index (χ1v) is 4.45. The summed E-state index contributed by atoms with van der Waals surface area (Å²) in [6, 6.07) is 9.13. The summed E-state index contributed by atoms with van der Waals surface area (Å²) in [5.41, 5.74) is 0. The molecule has 0 aliphatic rings. The second-order valence-corrected chi connectivity index (χ2v) is 3.42. The Hall–Kier alpha value is -0.991. The van der Waals surface area contributed by atoms with Crippen LogP contribution in [0.2, 0.25) is 0 Å². The van der Waals surface area contributed by atoms with Crippen molar-refractivity contribution >= 4 is 25.9 Å². The van der Waals surface area contributed by atoms with Crippen molar-refractivity contribution < 1.29 is 13.7 Å². The van der Waals surface area contributed by atoms with Crippen molar-refractivity contribution in [2.24, 2.45) is 0 Å². The number of hydrogen-bond donors (Lipinski definition) is 0. The second-order valence-electron chi connectivity index (χ2n) is 1.73. The molecule has 0 fully saturated rings. The molecule has 0 unspecified atom stereocenters. The van der Waals surface area contributed by atoms with Gasteiger partial charge < -0.3 is 0 Å². The summed E-state index contributed by atoms with van der Waals surface area (Å²) in [5.74, 6) is 0. The molecule has 0 atom stereocenters. The van der Waals surface area contributed by atoms with E-state index in [0.717, 1.165) is 4.46 Å². The monoisotopic (exact) mass is 217 g/mol. The van der Waals surface area contributed by atoms with Crippen molar-refractivity contribution in [3.63, 3.8) is 0 Å². The maximum absolute atomic E-state index is 9.85. The molecule has 0 aliphatic carbocycles. The molecule has 11 heavy (non-hydrogen) atoms. The Kier molecular flexibility index (Phi) is 2.95. The Bertz CT molecular complexity index is 235.